The van der Waals surface area contributed by atoms with Gasteiger partial charge in [-0.25, -0.2) is 4.21 Å². The van der Waals surface area contributed by atoms with E-state index in [1.54, 1.807) is 0 Å². The van der Waals surface area contributed by atoms with Crippen LogP contribution in [0.15, 0.2) is 0 Å². The molecule has 0 aliphatic heterocycles. The summed E-state index contributed by atoms with van der Waals surface area (Å²) >= 11 is -5.60. The average molecular weight is 296 g/mol. The number of carbonyl (C=O) groups excluding carboxylic acids is 1. The van der Waals surface area contributed by atoms with Gasteiger partial charge in [0.2, 0.25) is 0 Å². The molecule has 2 unspecified atom stereocenters. The van der Waals surface area contributed by atoms with Crippen LogP contribution in [0.1, 0.15) is 13.3 Å². The SMILES string of the molecule is CCC(=O)[O-].O=S([O-])OS(=O)O.[K+].[K+]. The van der Waals surface area contributed by atoms with Crippen LogP contribution in [-0.4, -0.2) is 23.5 Å². The Bertz CT molecular complexity index is 174. The fourth-order valence-electron chi connectivity index (χ4n) is 0.0475. The van der Waals surface area contributed by atoms with Gasteiger partial charge in [0.1, 0.15) is 11.4 Å². The molecule has 74 valence electrons. The molecule has 11 heteroatoms. The number of aliphatic carboxylic acids is 1. The molecule has 14 heavy (non-hydrogen) atoms. The standard InChI is InChI=1S/C3H6O2.2K.H2O5S2/c1-2-3(4)5;;;1-6(2)5-7(3)4/h2H2,1H3,(H,4,5);;;(H,1,2)(H,3,4)/q;2*+1;/p-2. The van der Waals surface area contributed by atoms with E-state index in [4.69, 9.17) is 4.55 Å². The zero-order chi connectivity index (χ0) is 10.1. The van der Waals surface area contributed by atoms with Gasteiger partial charge in [0.05, 0.1) is 0 Å². The van der Waals surface area contributed by atoms with Crippen LogP contribution in [0, 0.1) is 0 Å². The van der Waals surface area contributed by atoms with Gasteiger partial charge in [0.15, 0.2) is 0 Å². The first kappa shape index (κ1) is 25.7. The van der Waals surface area contributed by atoms with Gasteiger partial charge in [0.25, 0.3) is 0 Å². The maximum atomic E-state index is 9.31. The van der Waals surface area contributed by atoms with Crippen LogP contribution in [0.5, 0.6) is 0 Å². The molecule has 0 aromatic rings. The van der Waals surface area contributed by atoms with E-state index >= 15 is 0 Å². The normalized spacial score (nSPS) is 11.9. The molecule has 0 rings (SSSR count). The minimum absolute atomic E-state index is 0. The van der Waals surface area contributed by atoms with Gasteiger partial charge in [-0.1, -0.05) is 6.92 Å². The van der Waals surface area contributed by atoms with Crippen molar-refractivity contribution in [3.63, 3.8) is 0 Å². The Hall–Kier alpha value is 2.92. The van der Waals surface area contributed by atoms with Gasteiger partial charge < -0.3 is 14.5 Å². The van der Waals surface area contributed by atoms with E-state index in [1.165, 1.54) is 6.92 Å². The maximum absolute atomic E-state index is 9.31. The Kier molecular flexibility index (Phi) is 33.6. The van der Waals surface area contributed by atoms with Crippen LogP contribution in [-0.2, 0) is 31.1 Å². The number of carbonyl (C=O) groups is 1. The van der Waals surface area contributed by atoms with Gasteiger partial charge in [-0.05, 0) is 6.42 Å². The predicted molar refractivity (Wildman–Crippen MR) is 36.1 cm³/mol. The van der Waals surface area contributed by atoms with Crippen molar-refractivity contribution in [2.24, 2.45) is 0 Å². The largest absolute Gasteiger partial charge is 1.00 e. The molecule has 0 saturated heterocycles. The molecule has 0 saturated carbocycles. The number of carboxylic acids is 1. The zero-order valence-electron chi connectivity index (χ0n) is 7.92. The van der Waals surface area contributed by atoms with Gasteiger partial charge in [-0.2, -0.15) is 7.84 Å². The third-order valence-electron chi connectivity index (χ3n) is 0.402. The fraction of sp³-hybridized carbons (Fsp3) is 0.667. The summed E-state index contributed by atoms with van der Waals surface area (Å²) in [5.74, 6) is -0.995. The Morgan fingerprint density at radius 3 is 1.71 bits per heavy atom. The zero-order valence-corrected chi connectivity index (χ0v) is 15.8. The topological polar surface area (TPSA) is 127 Å². The van der Waals surface area contributed by atoms with Crippen LogP contribution in [0.4, 0.5) is 0 Å². The molecule has 0 radical (unpaired) electrons. The molecule has 1 N–H and O–H groups in total. The number of hydrogen-bond donors (Lipinski definition) is 1. The molecule has 0 bridgehead atoms. The Balaban J connectivity index is -0.0000000651. The van der Waals surface area contributed by atoms with Crippen molar-refractivity contribution in [3.05, 3.63) is 0 Å². The molecule has 0 aliphatic carbocycles. The van der Waals surface area contributed by atoms with E-state index < -0.39 is 28.7 Å². The van der Waals surface area contributed by atoms with E-state index in [2.05, 4.69) is 3.63 Å². The second-order valence-corrected chi connectivity index (χ2v) is 2.60. The molecule has 0 amide bonds. The van der Waals surface area contributed by atoms with Gasteiger partial charge in [-0.3, -0.25) is 4.55 Å². The Morgan fingerprint density at radius 1 is 1.43 bits per heavy atom. The van der Waals surface area contributed by atoms with Crippen LogP contribution in [0.2, 0.25) is 0 Å². The van der Waals surface area contributed by atoms with E-state index in [0.717, 1.165) is 0 Å². The third kappa shape index (κ3) is 36.3. The quantitative estimate of drug-likeness (QED) is 0.405. The number of hydrogen-bond acceptors (Lipinski definition) is 6. The number of rotatable bonds is 3. The fourth-order valence-corrected chi connectivity index (χ4v) is 0.428. The monoisotopic (exact) mass is 296 g/mol. The van der Waals surface area contributed by atoms with Gasteiger partial charge in [0, 0.05) is 5.97 Å². The van der Waals surface area contributed by atoms with Crippen molar-refractivity contribution in [1.82, 2.24) is 0 Å². The summed E-state index contributed by atoms with van der Waals surface area (Å²) in [4.78, 5) is 9.26. The van der Waals surface area contributed by atoms with Crippen LogP contribution < -0.4 is 108 Å². The van der Waals surface area contributed by atoms with Crippen LogP contribution in [0.3, 0.4) is 0 Å². The average Bonchev–Trinajstić information content (AvgIpc) is 1.85. The first-order valence-corrected chi connectivity index (χ1v) is 4.52. The first-order chi connectivity index (χ1) is 5.40. The second kappa shape index (κ2) is 18.3. The molecular formula is C3H6K2O7S2. The van der Waals surface area contributed by atoms with Crippen molar-refractivity contribution in [1.29, 1.82) is 0 Å². The summed E-state index contributed by atoms with van der Waals surface area (Å²) in [7, 11) is 0. The molecule has 0 aromatic carbocycles. The molecule has 0 heterocycles. The molecule has 0 aromatic heterocycles. The maximum Gasteiger partial charge on any atom is 1.00 e. The summed E-state index contributed by atoms with van der Waals surface area (Å²) < 4.78 is 38.5. The molecule has 7 nitrogen and oxygen atoms in total. The summed E-state index contributed by atoms with van der Waals surface area (Å²) in [6, 6.07) is 0. The predicted octanol–water partition coefficient (Wildman–Crippen LogP) is -7.91. The second-order valence-electron chi connectivity index (χ2n) is 1.21. The molecular weight excluding hydrogens is 290 g/mol. The first-order valence-electron chi connectivity index (χ1n) is 2.48. The third-order valence-corrected chi connectivity index (χ3v) is 1.31. The smallest absolute Gasteiger partial charge is 0.749 e. The minimum atomic E-state index is -2.90. The van der Waals surface area contributed by atoms with E-state index in [-0.39, 0.29) is 109 Å². The molecule has 0 fully saturated rings. The summed E-state index contributed by atoms with van der Waals surface area (Å²) in [6.07, 6.45) is 0.111. The van der Waals surface area contributed by atoms with E-state index in [0.29, 0.717) is 0 Å². The van der Waals surface area contributed by atoms with Gasteiger partial charge >= 0.3 is 114 Å². The van der Waals surface area contributed by atoms with Crippen molar-refractivity contribution in [2.75, 3.05) is 0 Å². The Morgan fingerprint density at radius 2 is 1.71 bits per heavy atom. The van der Waals surface area contributed by atoms with E-state index in [1.807, 2.05) is 0 Å². The number of carboxylic acid groups (broad SMARTS) is 1. The van der Waals surface area contributed by atoms with Crippen molar-refractivity contribution < 1.29 is 134 Å². The summed E-state index contributed by atoms with van der Waals surface area (Å²) in [6.45, 7) is 1.54. The molecule has 0 spiro atoms. The van der Waals surface area contributed by atoms with Crippen LogP contribution in [0.25, 0.3) is 0 Å². The molecule has 0 aliphatic rings. The minimum Gasteiger partial charge on any atom is -0.749 e. The summed E-state index contributed by atoms with van der Waals surface area (Å²) in [5.41, 5.74) is 0. The Labute approximate surface area is 172 Å². The summed E-state index contributed by atoms with van der Waals surface area (Å²) in [5, 5.41) is 9.26. The van der Waals surface area contributed by atoms with Crippen LogP contribution >= 0.6 is 0 Å². The van der Waals surface area contributed by atoms with Gasteiger partial charge in [-0.15, -0.1) is 0 Å². The van der Waals surface area contributed by atoms with Crippen molar-refractivity contribution in [2.45, 2.75) is 13.3 Å². The van der Waals surface area contributed by atoms with E-state index in [9.17, 15) is 22.9 Å². The molecule has 2 atom stereocenters. The van der Waals surface area contributed by atoms with Crippen molar-refractivity contribution in [3.8, 4) is 0 Å². The van der Waals surface area contributed by atoms with Crippen molar-refractivity contribution >= 4 is 28.7 Å².